The summed E-state index contributed by atoms with van der Waals surface area (Å²) in [5.74, 6) is -1.03. The van der Waals surface area contributed by atoms with E-state index in [9.17, 15) is 4.79 Å². The Kier molecular flexibility index (Phi) is 3.49. The molecule has 0 atom stereocenters. The Morgan fingerprint density at radius 1 is 1.55 bits per heavy atom. The van der Waals surface area contributed by atoms with Gasteiger partial charge in [-0.2, -0.15) is 0 Å². The molecule has 0 amide bonds. The van der Waals surface area contributed by atoms with Crippen LogP contribution < -0.4 is 0 Å². The largest absolute Gasteiger partial charge is 0.476 e. The predicted octanol–water partition coefficient (Wildman–Crippen LogP) is 0.841. The van der Waals surface area contributed by atoms with Gasteiger partial charge in [-0.1, -0.05) is 5.21 Å². The van der Waals surface area contributed by atoms with E-state index in [2.05, 4.69) is 20.2 Å². The number of carbonyl (C=O) groups is 1. The molecule has 20 heavy (non-hydrogen) atoms. The second-order valence-corrected chi connectivity index (χ2v) is 5.85. The third kappa shape index (κ3) is 2.56. The lowest BCUT2D eigenvalue weighted by atomic mass is 10.1. The van der Waals surface area contributed by atoms with Crippen molar-refractivity contribution in [3.63, 3.8) is 0 Å². The summed E-state index contributed by atoms with van der Waals surface area (Å²) in [4.78, 5) is 18.6. The molecule has 1 aliphatic rings. The highest BCUT2D eigenvalue weighted by atomic mass is 32.1. The van der Waals surface area contributed by atoms with Crippen LogP contribution in [0.15, 0.2) is 11.7 Å². The maximum atomic E-state index is 10.7. The van der Waals surface area contributed by atoms with E-state index < -0.39 is 5.97 Å². The zero-order valence-corrected chi connectivity index (χ0v) is 11.9. The normalized spacial score (nSPS) is 16.2. The first-order valence-corrected chi connectivity index (χ1v) is 7.28. The summed E-state index contributed by atoms with van der Waals surface area (Å²) in [5.41, 5.74) is 3.00. The number of aromatic nitrogens is 4. The fourth-order valence-electron chi connectivity index (χ4n) is 2.27. The number of aromatic carboxylic acids is 1. The Morgan fingerprint density at radius 2 is 2.35 bits per heavy atom. The number of hydrogen-bond donors (Lipinski definition) is 1. The summed E-state index contributed by atoms with van der Waals surface area (Å²) in [6.45, 7) is 4.81. The molecule has 0 aromatic carbocycles. The third-order valence-corrected chi connectivity index (χ3v) is 4.54. The Labute approximate surface area is 119 Å². The van der Waals surface area contributed by atoms with E-state index in [4.69, 9.17) is 5.11 Å². The molecule has 0 unspecified atom stereocenters. The van der Waals surface area contributed by atoms with Gasteiger partial charge in [0.25, 0.3) is 0 Å². The Bertz CT molecular complexity index is 617. The molecule has 2 aromatic heterocycles. The van der Waals surface area contributed by atoms with Gasteiger partial charge in [-0.25, -0.2) is 14.5 Å². The fraction of sp³-hybridized carbons (Fsp3) is 0.500. The van der Waals surface area contributed by atoms with E-state index in [0.29, 0.717) is 0 Å². The van der Waals surface area contributed by atoms with Gasteiger partial charge in [0.15, 0.2) is 5.69 Å². The average Bonchev–Trinajstić information content (AvgIpc) is 2.97. The van der Waals surface area contributed by atoms with Crippen molar-refractivity contribution in [2.45, 2.75) is 19.4 Å². The van der Waals surface area contributed by atoms with Gasteiger partial charge in [0.2, 0.25) is 0 Å². The van der Waals surface area contributed by atoms with Gasteiger partial charge < -0.3 is 5.11 Å². The van der Waals surface area contributed by atoms with Crippen LogP contribution in [0, 0.1) is 6.92 Å². The molecule has 2 aromatic rings. The zero-order chi connectivity index (χ0) is 14.1. The first kappa shape index (κ1) is 13.2. The van der Waals surface area contributed by atoms with E-state index in [0.717, 1.165) is 31.7 Å². The van der Waals surface area contributed by atoms with Crippen LogP contribution >= 0.6 is 11.3 Å². The number of thiazole rings is 1. The van der Waals surface area contributed by atoms with Gasteiger partial charge in [0.05, 0.1) is 23.4 Å². The number of carboxylic acids is 1. The quantitative estimate of drug-likeness (QED) is 0.879. The molecule has 0 bridgehead atoms. The molecular weight excluding hydrogens is 278 g/mol. The molecule has 1 fully saturated rings. The minimum atomic E-state index is -1.03. The number of rotatable bonds is 5. The first-order valence-electron chi connectivity index (χ1n) is 6.40. The Morgan fingerprint density at radius 3 is 2.95 bits per heavy atom. The van der Waals surface area contributed by atoms with Crippen molar-refractivity contribution in [2.75, 3.05) is 19.6 Å². The topological polar surface area (TPSA) is 84.1 Å². The molecule has 3 rings (SSSR count). The number of nitrogens with zero attached hydrogens (tertiary/aromatic N) is 5. The van der Waals surface area contributed by atoms with Crippen molar-refractivity contribution in [2.24, 2.45) is 0 Å². The first-order chi connectivity index (χ1) is 9.63. The average molecular weight is 293 g/mol. The summed E-state index contributed by atoms with van der Waals surface area (Å²) in [6.07, 6.45) is 2.51. The maximum absolute atomic E-state index is 10.7. The predicted molar refractivity (Wildman–Crippen MR) is 73.0 cm³/mol. The lowest BCUT2D eigenvalue weighted by molar-refractivity contribution is 0.0690. The number of carboxylic acid groups (broad SMARTS) is 1. The van der Waals surface area contributed by atoms with Crippen LogP contribution in [0.25, 0.3) is 0 Å². The molecule has 1 N–H and O–H groups in total. The molecule has 0 radical (unpaired) electrons. The van der Waals surface area contributed by atoms with Crippen molar-refractivity contribution >= 4 is 17.3 Å². The van der Waals surface area contributed by atoms with Crippen molar-refractivity contribution in [3.05, 3.63) is 28.0 Å². The molecule has 0 saturated carbocycles. The third-order valence-electron chi connectivity index (χ3n) is 3.54. The molecule has 7 nitrogen and oxygen atoms in total. The van der Waals surface area contributed by atoms with Crippen molar-refractivity contribution in [1.29, 1.82) is 0 Å². The second kappa shape index (κ2) is 5.29. The maximum Gasteiger partial charge on any atom is 0.358 e. The highest BCUT2D eigenvalue weighted by Gasteiger charge is 2.29. The fourth-order valence-corrected chi connectivity index (χ4v) is 3.04. The molecule has 8 heteroatoms. The highest BCUT2D eigenvalue weighted by Crippen LogP contribution is 2.21. The summed E-state index contributed by atoms with van der Waals surface area (Å²) < 4.78 is 1.65. The number of likely N-dealkylation sites (tertiary alicyclic amines) is 1. The van der Waals surface area contributed by atoms with Gasteiger partial charge in [-0.3, -0.25) is 4.90 Å². The van der Waals surface area contributed by atoms with Crippen LogP contribution in [-0.4, -0.2) is 55.6 Å². The van der Waals surface area contributed by atoms with Gasteiger partial charge in [-0.05, 0) is 13.3 Å². The molecule has 106 valence electrons. The van der Waals surface area contributed by atoms with E-state index in [1.807, 2.05) is 12.4 Å². The van der Waals surface area contributed by atoms with Crippen molar-refractivity contribution in [3.8, 4) is 0 Å². The second-order valence-electron chi connectivity index (χ2n) is 4.91. The van der Waals surface area contributed by atoms with Gasteiger partial charge in [0.1, 0.15) is 0 Å². The molecule has 0 aliphatic carbocycles. The van der Waals surface area contributed by atoms with Crippen LogP contribution in [0.1, 0.15) is 27.1 Å². The SMILES string of the molecule is Cc1ncsc1CCN1CC(n2cc(C(=O)O)nn2)C1. The van der Waals surface area contributed by atoms with Gasteiger partial charge >= 0.3 is 5.97 Å². The lowest BCUT2D eigenvalue weighted by Crippen LogP contribution is -2.48. The van der Waals surface area contributed by atoms with Crippen LogP contribution in [0.2, 0.25) is 0 Å². The Hall–Kier alpha value is -1.80. The standard InChI is InChI=1S/C12H15N5O2S/c1-8-11(20-7-13-8)2-3-16-4-9(5-16)17-6-10(12(18)19)14-15-17/h6-7,9H,2-5H2,1H3,(H,18,19). The van der Waals surface area contributed by atoms with Crippen LogP contribution in [0.3, 0.4) is 0 Å². The zero-order valence-electron chi connectivity index (χ0n) is 11.1. The van der Waals surface area contributed by atoms with Crippen molar-refractivity contribution < 1.29 is 9.90 Å². The summed E-state index contributed by atoms with van der Waals surface area (Å²) in [6, 6.07) is 0.234. The summed E-state index contributed by atoms with van der Waals surface area (Å²) in [7, 11) is 0. The molecule has 3 heterocycles. The van der Waals surface area contributed by atoms with E-state index in [1.54, 1.807) is 16.0 Å². The van der Waals surface area contributed by atoms with Gasteiger partial charge in [-0.15, -0.1) is 16.4 Å². The molecular formula is C12H15N5O2S. The highest BCUT2D eigenvalue weighted by molar-refractivity contribution is 7.09. The lowest BCUT2D eigenvalue weighted by Gasteiger charge is -2.38. The smallest absolute Gasteiger partial charge is 0.358 e. The van der Waals surface area contributed by atoms with Gasteiger partial charge in [0, 0.05) is 24.5 Å². The van der Waals surface area contributed by atoms with E-state index in [1.165, 1.54) is 11.1 Å². The monoisotopic (exact) mass is 293 g/mol. The summed E-state index contributed by atoms with van der Waals surface area (Å²) in [5, 5.41) is 16.3. The van der Waals surface area contributed by atoms with Crippen molar-refractivity contribution in [1.82, 2.24) is 24.9 Å². The number of aryl methyl sites for hydroxylation is 1. The summed E-state index contributed by atoms with van der Waals surface area (Å²) >= 11 is 1.70. The molecule has 1 saturated heterocycles. The van der Waals surface area contributed by atoms with Crippen LogP contribution in [0.4, 0.5) is 0 Å². The van der Waals surface area contributed by atoms with Crippen LogP contribution in [-0.2, 0) is 6.42 Å². The molecule has 1 aliphatic heterocycles. The van der Waals surface area contributed by atoms with E-state index in [-0.39, 0.29) is 11.7 Å². The minimum Gasteiger partial charge on any atom is -0.476 e. The van der Waals surface area contributed by atoms with Crippen LogP contribution in [0.5, 0.6) is 0 Å². The minimum absolute atomic E-state index is 0.00346. The van der Waals surface area contributed by atoms with E-state index >= 15 is 0 Å². The molecule has 0 spiro atoms. The Balaban J connectivity index is 1.48. The number of hydrogen-bond acceptors (Lipinski definition) is 6.